The van der Waals surface area contributed by atoms with Gasteiger partial charge in [-0.3, -0.25) is 4.79 Å². The molecule has 0 bridgehead atoms. The maximum atomic E-state index is 12.5. The number of hydrogen-bond acceptors (Lipinski definition) is 1. The molecule has 0 saturated heterocycles. The Balaban J connectivity index is 2.84. The van der Waals surface area contributed by atoms with Gasteiger partial charge >= 0.3 is 0 Å². The number of benzene rings is 1. The summed E-state index contributed by atoms with van der Waals surface area (Å²) in [6.07, 6.45) is -2.98. The Kier molecular flexibility index (Phi) is 3.28. The summed E-state index contributed by atoms with van der Waals surface area (Å²) in [5.41, 5.74) is 0.400. The van der Waals surface area contributed by atoms with Gasteiger partial charge in [0.1, 0.15) is 5.82 Å². The Labute approximate surface area is 79.5 Å². The second-order valence-corrected chi connectivity index (χ2v) is 2.98. The number of carbonyl (C=O) groups is 1. The maximum absolute atomic E-state index is 12.5. The third kappa shape index (κ3) is 2.34. The molecule has 1 rings (SSSR count). The Hall–Kier alpha value is -1.32. The van der Waals surface area contributed by atoms with Crippen LogP contribution in [0.5, 0.6) is 0 Å². The lowest BCUT2D eigenvalue weighted by Crippen LogP contribution is -2.17. The van der Waals surface area contributed by atoms with Crippen molar-refractivity contribution in [3.05, 3.63) is 35.6 Å². The molecule has 1 aromatic rings. The number of hydrogen-bond donors (Lipinski definition) is 0. The van der Waals surface area contributed by atoms with Crippen molar-refractivity contribution in [1.82, 2.24) is 0 Å². The lowest BCUT2D eigenvalue weighted by atomic mass is 9.97. The molecule has 0 aromatic heterocycles. The van der Waals surface area contributed by atoms with Gasteiger partial charge in [-0.15, -0.1) is 0 Å². The zero-order valence-corrected chi connectivity index (χ0v) is 7.51. The van der Waals surface area contributed by atoms with Gasteiger partial charge in [-0.2, -0.15) is 0 Å². The quantitative estimate of drug-likeness (QED) is 0.736. The molecule has 0 radical (unpaired) electrons. The minimum absolute atomic E-state index is 0.400. The first-order valence-corrected chi connectivity index (χ1v) is 4.09. The highest BCUT2D eigenvalue weighted by molar-refractivity contribution is 5.87. The Morgan fingerprint density at radius 3 is 2.14 bits per heavy atom. The van der Waals surface area contributed by atoms with E-state index in [1.165, 1.54) is 19.1 Å². The van der Waals surface area contributed by atoms with Crippen LogP contribution in [0.2, 0.25) is 0 Å². The fourth-order valence-electron chi connectivity index (χ4n) is 1.10. The summed E-state index contributed by atoms with van der Waals surface area (Å²) in [5, 5.41) is 0. The average molecular weight is 202 g/mol. The molecule has 1 atom stereocenters. The van der Waals surface area contributed by atoms with Crippen molar-refractivity contribution < 1.29 is 18.0 Å². The van der Waals surface area contributed by atoms with Gasteiger partial charge in [0.2, 0.25) is 5.78 Å². The van der Waals surface area contributed by atoms with E-state index in [0.29, 0.717) is 5.56 Å². The van der Waals surface area contributed by atoms with Gasteiger partial charge in [0.05, 0.1) is 0 Å². The SMILES string of the molecule is CC(C(=O)C(F)F)c1ccc(F)cc1. The van der Waals surface area contributed by atoms with Crippen LogP contribution in [0.15, 0.2) is 24.3 Å². The Morgan fingerprint density at radius 2 is 1.71 bits per heavy atom. The molecule has 0 fully saturated rings. The molecule has 4 heteroatoms. The van der Waals surface area contributed by atoms with Crippen molar-refractivity contribution in [2.45, 2.75) is 19.3 Å². The van der Waals surface area contributed by atoms with Crippen molar-refractivity contribution in [2.75, 3.05) is 0 Å². The van der Waals surface area contributed by atoms with Crippen LogP contribution >= 0.6 is 0 Å². The monoisotopic (exact) mass is 202 g/mol. The zero-order chi connectivity index (χ0) is 10.7. The molecular formula is C10H9F3O. The van der Waals surface area contributed by atoms with Crippen molar-refractivity contribution in [1.29, 1.82) is 0 Å². The Bertz CT molecular complexity index is 319. The smallest absolute Gasteiger partial charge is 0.293 e. The second-order valence-electron chi connectivity index (χ2n) is 2.98. The summed E-state index contributed by atoms with van der Waals surface area (Å²) < 4.78 is 36.5. The molecule has 0 aliphatic heterocycles. The van der Waals surface area contributed by atoms with E-state index in [-0.39, 0.29) is 0 Å². The van der Waals surface area contributed by atoms with Crippen molar-refractivity contribution in [3.8, 4) is 0 Å². The molecule has 1 aromatic carbocycles. The van der Waals surface area contributed by atoms with Crippen molar-refractivity contribution in [2.24, 2.45) is 0 Å². The lowest BCUT2D eigenvalue weighted by Gasteiger charge is -2.09. The van der Waals surface area contributed by atoms with Crippen LogP contribution in [0.4, 0.5) is 13.2 Å². The fourth-order valence-corrected chi connectivity index (χ4v) is 1.10. The molecule has 1 nitrogen and oxygen atoms in total. The highest BCUT2D eigenvalue weighted by Crippen LogP contribution is 2.19. The van der Waals surface area contributed by atoms with Crippen molar-refractivity contribution >= 4 is 5.78 Å². The molecular weight excluding hydrogens is 193 g/mol. The van der Waals surface area contributed by atoms with Gasteiger partial charge in [0.25, 0.3) is 6.43 Å². The van der Waals surface area contributed by atoms with Crippen LogP contribution < -0.4 is 0 Å². The van der Waals surface area contributed by atoms with Gasteiger partial charge in [0.15, 0.2) is 0 Å². The Morgan fingerprint density at radius 1 is 1.21 bits per heavy atom. The molecule has 0 aliphatic rings. The first kappa shape index (κ1) is 10.8. The number of halogens is 3. The predicted molar refractivity (Wildman–Crippen MR) is 45.8 cm³/mol. The normalized spacial score (nSPS) is 12.9. The zero-order valence-electron chi connectivity index (χ0n) is 7.51. The number of Topliss-reactive ketones (excluding diaryl/α,β-unsaturated/α-hetero) is 1. The summed E-state index contributed by atoms with van der Waals surface area (Å²) in [6.45, 7) is 1.38. The van der Waals surface area contributed by atoms with E-state index in [0.717, 1.165) is 12.1 Å². The van der Waals surface area contributed by atoms with Crippen LogP contribution in [0, 0.1) is 5.82 Å². The molecule has 0 heterocycles. The van der Waals surface area contributed by atoms with Gasteiger partial charge < -0.3 is 0 Å². The highest BCUT2D eigenvalue weighted by Gasteiger charge is 2.23. The molecule has 0 spiro atoms. The first-order chi connectivity index (χ1) is 6.52. The summed E-state index contributed by atoms with van der Waals surface area (Å²) in [7, 11) is 0. The summed E-state index contributed by atoms with van der Waals surface area (Å²) in [4.78, 5) is 10.9. The van der Waals surface area contributed by atoms with E-state index in [2.05, 4.69) is 0 Å². The fraction of sp³-hybridized carbons (Fsp3) is 0.300. The molecule has 0 N–H and O–H groups in total. The highest BCUT2D eigenvalue weighted by atomic mass is 19.3. The lowest BCUT2D eigenvalue weighted by molar-refractivity contribution is -0.130. The van der Waals surface area contributed by atoms with Crippen LogP contribution in [-0.4, -0.2) is 12.2 Å². The minimum Gasteiger partial charge on any atom is -0.293 e. The molecule has 0 aliphatic carbocycles. The van der Waals surface area contributed by atoms with Crippen molar-refractivity contribution in [3.63, 3.8) is 0 Å². The number of rotatable bonds is 3. The van der Waals surface area contributed by atoms with E-state index < -0.39 is 23.9 Å². The largest absolute Gasteiger partial charge is 0.296 e. The average Bonchev–Trinajstić information content (AvgIpc) is 2.16. The molecule has 76 valence electrons. The third-order valence-electron chi connectivity index (χ3n) is 2.01. The van der Waals surface area contributed by atoms with Crippen LogP contribution in [0.25, 0.3) is 0 Å². The third-order valence-corrected chi connectivity index (χ3v) is 2.01. The molecule has 0 amide bonds. The second kappa shape index (κ2) is 4.26. The van der Waals surface area contributed by atoms with Gasteiger partial charge in [-0.05, 0) is 17.7 Å². The molecule has 0 saturated carbocycles. The minimum atomic E-state index is -2.98. The van der Waals surface area contributed by atoms with Crippen LogP contribution in [0.1, 0.15) is 18.4 Å². The molecule has 14 heavy (non-hydrogen) atoms. The van der Waals surface area contributed by atoms with E-state index >= 15 is 0 Å². The van der Waals surface area contributed by atoms with E-state index in [4.69, 9.17) is 0 Å². The van der Waals surface area contributed by atoms with E-state index in [1.54, 1.807) is 0 Å². The standard InChI is InChI=1S/C10H9F3O/c1-6(9(14)10(12)13)7-2-4-8(11)5-3-7/h2-6,10H,1H3. The topological polar surface area (TPSA) is 17.1 Å². The number of ketones is 1. The van der Waals surface area contributed by atoms with Gasteiger partial charge in [0, 0.05) is 5.92 Å². The maximum Gasteiger partial charge on any atom is 0.296 e. The van der Waals surface area contributed by atoms with Crippen LogP contribution in [0.3, 0.4) is 0 Å². The first-order valence-electron chi connectivity index (χ1n) is 4.09. The molecule has 1 unspecified atom stereocenters. The summed E-state index contributed by atoms with van der Waals surface area (Å²) in [6, 6.07) is 4.95. The summed E-state index contributed by atoms with van der Waals surface area (Å²) in [5.74, 6) is -2.49. The summed E-state index contributed by atoms with van der Waals surface area (Å²) >= 11 is 0. The number of carbonyl (C=O) groups excluding carboxylic acids is 1. The predicted octanol–water partition coefficient (Wildman–Crippen LogP) is 2.76. The van der Waals surface area contributed by atoms with E-state index in [1.807, 2.05) is 0 Å². The number of alkyl halides is 2. The van der Waals surface area contributed by atoms with Gasteiger partial charge in [-0.25, -0.2) is 13.2 Å². The van der Waals surface area contributed by atoms with Crippen LogP contribution in [-0.2, 0) is 4.79 Å². The van der Waals surface area contributed by atoms with Gasteiger partial charge in [-0.1, -0.05) is 19.1 Å². The van der Waals surface area contributed by atoms with E-state index in [9.17, 15) is 18.0 Å².